The highest BCUT2D eigenvalue weighted by Gasteiger charge is 2.31. The first-order chi connectivity index (χ1) is 6.27. The number of likely N-dealkylation sites (tertiary alicyclic amines) is 1. The van der Waals surface area contributed by atoms with Gasteiger partial charge in [0.05, 0.1) is 5.92 Å². The SMILES string of the molecule is NC(=O)N1CC(c2ncccn2)C1. The van der Waals surface area contributed by atoms with Gasteiger partial charge in [-0.1, -0.05) is 0 Å². The number of carbonyl (C=O) groups excluding carboxylic acids is 1. The van der Waals surface area contributed by atoms with Gasteiger partial charge in [0.2, 0.25) is 0 Å². The minimum atomic E-state index is -0.368. The van der Waals surface area contributed by atoms with Crippen LogP contribution in [0.25, 0.3) is 0 Å². The van der Waals surface area contributed by atoms with Crippen LogP contribution in [0, 0.1) is 0 Å². The average Bonchev–Trinajstić information content (AvgIpc) is 2.02. The fraction of sp³-hybridized carbons (Fsp3) is 0.375. The van der Waals surface area contributed by atoms with E-state index in [1.54, 1.807) is 23.4 Å². The molecule has 2 amide bonds. The molecule has 13 heavy (non-hydrogen) atoms. The zero-order valence-electron chi connectivity index (χ0n) is 7.05. The molecule has 5 heteroatoms. The summed E-state index contributed by atoms with van der Waals surface area (Å²) < 4.78 is 0. The summed E-state index contributed by atoms with van der Waals surface area (Å²) in [5.41, 5.74) is 5.08. The van der Waals surface area contributed by atoms with E-state index < -0.39 is 0 Å². The van der Waals surface area contributed by atoms with Gasteiger partial charge in [0, 0.05) is 25.5 Å². The van der Waals surface area contributed by atoms with Gasteiger partial charge < -0.3 is 10.6 Å². The van der Waals surface area contributed by atoms with Crippen LogP contribution in [-0.2, 0) is 0 Å². The lowest BCUT2D eigenvalue weighted by Crippen LogP contribution is -2.51. The number of hydrogen-bond acceptors (Lipinski definition) is 3. The number of hydrogen-bond donors (Lipinski definition) is 1. The molecule has 1 aromatic rings. The molecule has 0 atom stereocenters. The smallest absolute Gasteiger partial charge is 0.314 e. The van der Waals surface area contributed by atoms with Crippen molar-refractivity contribution in [1.29, 1.82) is 0 Å². The van der Waals surface area contributed by atoms with E-state index in [2.05, 4.69) is 9.97 Å². The summed E-state index contributed by atoms with van der Waals surface area (Å²) in [6.07, 6.45) is 3.41. The molecular formula is C8H10N4O. The highest BCUT2D eigenvalue weighted by Crippen LogP contribution is 2.22. The number of amides is 2. The van der Waals surface area contributed by atoms with Gasteiger partial charge in [-0.25, -0.2) is 14.8 Å². The Morgan fingerprint density at radius 3 is 2.62 bits per heavy atom. The van der Waals surface area contributed by atoms with Crippen molar-refractivity contribution in [3.05, 3.63) is 24.3 Å². The summed E-state index contributed by atoms with van der Waals surface area (Å²) in [6, 6.07) is 1.40. The maximum Gasteiger partial charge on any atom is 0.314 e. The zero-order chi connectivity index (χ0) is 9.26. The Hall–Kier alpha value is -1.65. The lowest BCUT2D eigenvalue weighted by Gasteiger charge is -2.36. The average molecular weight is 178 g/mol. The number of urea groups is 1. The maximum atomic E-state index is 10.7. The van der Waals surface area contributed by atoms with Crippen LogP contribution in [0.5, 0.6) is 0 Å². The van der Waals surface area contributed by atoms with Crippen molar-refractivity contribution in [2.24, 2.45) is 5.73 Å². The zero-order valence-corrected chi connectivity index (χ0v) is 7.05. The maximum absolute atomic E-state index is 10.7. The lowest BCUT2D eigenvalue weighted by molar-refractivity contribution is 0.157. The second-order valence-corrected chi connectivity index (χ2v) is 3.05. The van der Waals surface area contributed by atoms with E-state index in [0.717, 1.165) is 5.82 Å². The molecule has 1 fully saturated rings. The third kappa shape index (κ3) is 1.44. The number of primary amides is 1. The minimum Gasteiger partial charge on any atom is -0.351 e. The van der Waals surface area contributed by atoms with E-state index >= 15 is 0 Å². The first-order valence-electron chi connectivity index (χ1n) is 4.08. The Balaban J connectivity index is 1.98. The first-order valence-corrected chi connectivity index (χ1v) is 4.08. The van der Waals surface area contributed by atoms with Gasteiger partial charge in [-0.05, 0) is 6.07 Å². The van der Waals surface area contributed by atoms with E-state index in [0.29, 0.717) is 13.1 Å². The van der Waals surface area contributed by atoms with Crippen LogP contribution in [0.2, 0.25) is 0 Å². The molecule has 1 aliphatic rings. The van der Waals surface area contributed by atoms with Crippen molar-refractivity contribution in [3.63, 3.8) is 0 Å². The molecule has 68 valence electrons. The van der Waals surface area contributed by atoms with Crippen molar-refractivity contribution >= 4 is 6.03 Å². The summed E-state index contributed by atoms with van der Waals surface area (Å²) in [5.74, 6) is 1.05. The molecule has 0 bridgehead atoms. The highest BCUT2D eigenvalue weighted by molar-refractivity contribution is 5.73. The predicted molar refractivity (Wildman–Crippen MR) is 45.9 cm³/mol. The van der Waals surface area contributed by atoms with Gasteiger partial charge in [0.15, 0.2) is 0 Å². The summed E-state index contributed by atoms with van der Waals surface area (Å²) >= 11 is 0. The fourth-order valence-electron chi connectivity index (χ4n) is 1.34. The van der Waals surface area contributed by atoms with Gasteiger partial charge in [-0.2, -0.15) is 0 Å². The molecule has 2 N–H and O–H groups in total. The molecule has 2 heterocycles. The molecule has 0 aliphatic carbocycles. The topological polar surface area (TPSA) is 72.1 Å². The third-order valence-corrected chi connectivity index (χ3v) is 2.14. The highest BCUT2D eigenvalue weighted by atomic mass is 16.2. The second-order valence-electron chi connectivity index (χ2n) is 3.05. The van der Waals surface area contributed by atoms with Crippen molar-refractivity contribution in [2.75, 3.05) is 13.1 Å². The molecule has 5 nitrogen and oxygen atoms in total. The Bertz CT molecular complexity index is 307. The number of carbonyl (C=O) groups is 1. The van der Waals surface area contributed by atoms with Gasteiger partial charge >= 0.3 is 6.03 Å². The number of rotatable bonds is 1. The molecule has 1 aromatic heterocycles. The Labute approximate surface area is 75.6 Å². The third-order valence-electron chi connectivity index (χ3n) is 2.14. The Morgan fingerprint density at radius 1 is 1.46 bits per heavy atom. The summed E-state index contributed by atoms with van der Waals surface area (Å²) in [6.45, 7) is 1.28. The van der Waals surface area contributed by atoms with Crippen molar-refractivity contribution in [1.82, 2.24) is 14.9 Å². The summed E-state index contributed by atoms with van der Waals surface area (Å²) in [5, 5.41) is 0. The Morgan fingerprint density at radius 2 is 2.08 bits per heavy atom. The standard InChI is InChI=1S/C8H10N4O/c9-8(13)12-4-6(5-12)7-10-2-1-3-11-7/h1-3,6H,4-5H2,(H2,9,13). The number of aromatic nitrogens is 2. The molecule has 0 spiro atoms. The molecule has 2 rings (SSSR count). The van der Waals surface area contributed by atoms with Crippen molar-refractivity contribution < 1.29 is 4.79 Å². The van der Waals surface area contributed by atoms with Crippen LogP contribution in [0.4, 0.5) is 4.79 Å². The van der Waals surface area contributed by atoms with Crippen molar-refractivity contribution in [2.45, 2.75) is 5.92 Å². The molecule has 1 aliphatic heterocycles. The Kier molecular flexibility index (Phi) is 1.84. The lowest BCUT2D eigenvalue weighted by atomic mass is 10.00. The van der Waals surface area contributed by atoms with Crippen LogP contribution in [0.3, 0.4) is 0 Å². The number of nitrogens with zero attached hydrogens (tertiary/aromatic N) is 3. The van der Waals surface area contributed by atoms with Crippen LogP contribution < -0.4 is 5.73 Å². The normalized spacial score (nSPS) is 16.8. The van der Waals surface area contributed by atoms with E-state index in [4.69, 9.17) is 5.73 Å². The number of nitrogens with two attached hydrogens (primary N) is 1. The first kappa shape index (κ1) is 7.97. The van der Waals surface area contributed by atoms with Gasteiger partial charge in [-0.3, -0.25) is 0 Å². The molecular weight excluding hydrogens is 168 g/mol. The van der Waals surface area contributed by atoms with Gasteiger partial charge in [0.1, 0.15) is 5.82 Å². The predicted octanol–water partition coefficient (Wildman–Crippen LogP) is -0.0455. The second kappa shape index (κ2) is 3.01. The quantitative estimate of drug-likeness (QED) is 0.655. The van der Waals surface area contributed by atoms with Crippen LogP contribution >= 0.6 is 0 Å². The minimum absolute atomic E-state index is 0.258. The fourth-order valence-corrected chi connectivity index (χ4v) is 1.34. The molecule has 0 saturated carbocycles. The monoisotopic (exact) mass is 178 g/mol. The van der Waals surface area contributed by atoms with Crippen LogP contribution in [0.1, 0.15) is 11.7 Å². The van der Waals surface area contributed by atoms with Crippen molar-refractivity contribution in [3.8, 4) is 0 Å². The largest absolute Gasteiger partial charge is 0.351 e. The van der Waals surface area contributed by atoms with Gasteiger partial charge in [-0.15, -0.1) is 0 Å². The summed E-state index contributed by atoms with van der Waals surface area (Å²) in [7, 11) is 0. The molecule has 0 aromatic carbocycles. The van der Waals surface area contributed by atoms with E-state index in [1.165, 1.54) is 0 Å². The van der Waals surface area contributed by atoms with Crippen LogP contribution in [0.15, 0.2) is 18.5 Å². The van der Waals surface area contributed by atoms with Gasteiger partial charge in [0.25, 0.3) is 0 Å². The molecule has 1 saturated heterocycles. The summed E-state index contributed by atoms with van der Waals surface area (Å²) in [4.78, 5) is 20.4. The molecule has 0 unspecified atom stereocenters. The van der Waals surface area contributed by atoms with E-state index in [9.17, 15) is 4.79 Å². The van der Waals surface area contributed by atoms with E-state index in [1.807, 2.05) is 0 Å². The van der Waals surface area contributed by atoms with Crippen LogP contribution in [-0.4, -0.2) is 34.0 Å². The van der Waals surface area contributed by atoms with E-state index in [-0.39, 0.29) is 11.9 Å². The molecule has 0 radical (unpaired) electrons.